The predicted molar refractivity (Wildman–Crippen MR) is 124 cm³/mol. The fourth-order valence-electron chi connectivity index (χ4n) is 2.94. The van der Waals surface area contributed by atoms with Crippen LogP contribution >= 0.6 is 11.5 Å². The highest BCUT2D eigenvalue weighted by Crippen LogP contribution is 2.34. The minimum absolute atomic E-state index is 0.0701. The van der Waals surface area contributed by atoms with E-state index in [1.54, 1.807) is 24.3 Å². The summed E-state index contributed by atoms with van der Waals surface area (Å²) >= 11 is 1.29. The molecule has 1 N–H and O–H groups in total. The summed E-state index contributed by atoms with van der Waals surface area (Å²) in [6, 6.07) is 14.5. The van der Waals surface area contributed by atoms with E-state index in [0.717, 1.165) is 23.2 Å². The molecule has 0 aliphatic carbocycles. The van der Waals surface area contributed by atoms with Crippen LogP contribution in [0.1, 0.15) is 18.9 Å². The van der Waals surface area contributed by atoms with Gasteiger partial charge in [-0.1, -0.05) is 35.7 Å². The summed E-state index contributed by atoms with van der Waals surface area (Å²) in [4.78, 5) is 19.2. The van der Waals surface area contributed by atoms with E-state index in [1.165, 1.54) is 17.9 Å². The molecule has 0 aliphatic heterocycles. The fourth-order valence-corrected chi connectivity index (χ4v) is 3.40. The Hall–Kier alpha value is -4.12. The largest absolute Gasteiger partial charge is 0.494 e. The molecular weight excluding hydrogens is 444 g/mol. The Morgan fingerprint density at radius 1 is 1.06 bits per heavy atom. The number of aromatic nitrogens is 4. The zero-order chi connectivity index (χ0) is 23.0. The van der Waals surface area contributed by atoms with Crippen molar-refractivity contribution in [2.24, 2.45) is 0 Å². The summed E-state index contributed by atoms with van der Waals surface area (Å²) in [5, 5.41) is 20.7. The van der Waals surface area contributed by atoms with E-state index in [9.17, 15) is 10.1 Å². The van der Waals surface area contributed by atoms with Gasteiger partial charge in [-0.2, -0.15) is 4.98 Å². The minimum Gasteiger partial charge on any atom is -0.494 e. The van der Waals surface area contributed by atoms with Crippen molar-refractivity contribution in [2.45, 2.75) is 19.9 Å². The highest BCUT2D eigenvalue weighted by Gasteiger charge is 2.25. The maximum absolute atomic E-state index is 11.8. The molecule has 33 heavy (non-hydrogen) atoms. The molecule has 0 aliphatic rings. The Morgan fingerprint density at radius 3 is 2.48 bits per heavy atom. The Morgan fingerprint density at radius 2 is 1.82 bits per heavy atom. The van der Waals surface area contributed by atoms with Crippen molar-refractivity contribution < 1.29 is 14.4 Å². The van der Waals surface area contributed by atoms with Crippen LogP contribution in [0, 0.1) is 10.1 Å². The first-order valence-electron chi connectivity index (χ1n) is 10.1. The van der Waals surface area contributed by atoms with Gasteiger partial charge in [-0.3, -0.25) is 10.1 Å². The van der Waals surface area contributed by atoms with Crippen LogP contribution in [-0.2, 0) is 6.54 Å². The first kappa shape index (κ1) is 22.1. The zero-order valence-electron chi connectivity index (χ0n) is 17.7. The number of benzene rings is 2. The molecule has 0 spiro atoms. The summed E-state index contributed by atoms with van der Waals surface area (Å²) < 4.78 is 15.1. The predicted octanol–water partition coefficient (Wildman–Crippen LogP) is 5.10. The van der Waals surface area contributed by atoms with Gasteiger partial charge in [-0.25, -0.2) is 4.98 Å². The van der Waals surface area contributed by atoms with E-state index >= 15 is 0 Å². The third kappa shape index (κ3) is 5.57. The van der Waals surface area contributed by atoms with Crippen LogP contribution in [-0.4, -0.2) is 31.1 Å². The molecule has 4 rings (SSSR count). The lowest BCUT2D eigenvalue weighted by Gasteiger charge is -2.10. The summed E-state index contributed by atoms with van der Waals surface area (Å²) in [7, 11) is 0. The average molecular weight is 465 g/mol. The molecule has 4 aromatic rings. The van der Waals surface area contributed by atoms with Gasteiger partial charge in [0.05, 0.1) is 11.5 Å². The topological polar surface area (TPSA) is 125 Å². The van der Waals surface area contributed by atoms with E-state index in [2.05, 4.69) is 24.9 Å². The lowest BCUT2D eigenvalue weighted by Crippen LogP contribution is -2.07. The second-order valence-corrected chi connectivity index (χ2v) is 7.51. The second kappa shape index (κ2) is 10.5. The summed E-state index contributed by atoms with van der Waals surface area (Å²) in [5.41, 5.74) is 2.33. The van der Waals surface area contributed by atoms with Crippen molar-refractivity contribution in [3.63, 3.8) is 0 Å². The van der Waals surface area contributed by atoms with Gasteiger partial charge in [0.25, 0.3) is 0 Å². The molecule has 0 atom stereocenters. The molecule has 0 radical (unpaired) electrons. The molecule has 168 valence electrons. The Labute approximate surface area is 193 Å². The smallest absolute Gasteiger partial charge is 0.373 e. The van der Waals surface area contributed by atoms with Crippen molar-refractivity contribution in [3.05, 3.63) is 75.9 Å². The molecule has 2 heterocycles. The van der Waals surface area contributed by atoms with Gasteiger partial charge in [-0.05, 0) is 47.8 Å². The highest BCUT2D eigenvalue weighted by atomic mass is 32.1. The number of nitrogens with zero attached hydrogens (tertiary/aromatic N) is 5. The Kier molecular flexibility index (Phi) is 7.00. The third-order valence-corrected chi connectivity index (χ3v) is 5.06. The van der Waals surface area contributed by atoms with E-state index in [-0.39, 0.29) is 17.4 Å². The summed E-state index contributed by atoms with van der Waals surface area (Å²) in [6.45, 7) is 2.96. The van der Waals surface area contributed by atoms with Crippen molar-refractivity contribution in [1.29, 1.82) is 0 Å². The third-order valence-electron chi connectivity index (χ3n) is 4.55. The van der Waals surface area contributed by atoms with E-state index < -0.39 is 4.92 Å². The fraction of sp³-hybridized carbons (Fsp3) is 0.182. The molecule has 2 aromatic heterocycles. The second-order valence-electron chi connectivity index (χ2n) is 6.90. The van der Waals surface area contributed by atoms with Gasteiger partial charge in [0.1, 0.15) is 23.5 Å². The van der Waals surface area contributed by atoms with Crippen molar-refractivity contribution in [2.75, 3.05) is 11.9 Å². The summed E-state index contributed by atoms with van der Waals surface area (Å²) in [6.07, 6.45) is 2.12. The maximum Gasteiger partial charge on any atom is 0.373 e. The van der Waals surface area contributed by atoms with Gasteiger partial charge in [0.2, 0.25) is 5.82 Å². The first-order valence-corrected chi connectivity index (χ1v) is 11.0. The molecule has 0 amide bonds. The van der Waals surface area contributed by atoms with Gasteiger partial charge in [0.15, 0.2) is 0 Å². The summed E-state index contributed by atoms with van der Waals surface area (Å²) in [5.74, 6) is 1.02. The molecule has 0 saturated heterocycles. The van der Waals surface area contributed by atoms with Gasteiger partial charge < -0.3 is 14.8 Å². The Balaban J connectivity index is 1.47. The maximum atomic E-state index is 11.8. The van der Waals surface area contributed by atoms with E-state index in [0.29, 0.717) is 24.7 Å². The minimum atomic E-state index is -0.561. The van der Waals surface area contributed by atoms with Crippen LogP contribution in [0.5, 0.6) is 17.4 Å². The van der Waals surface area contributed by atoms with Crippen molar-refractivity contribution in [1.82, 2.24) is 19.6 Å². The first-order chi connectivity index (χ1) is 16.1. The van der Waals surface area contributed by atoms with Gasteiger partial charge >= 0.3 is 11.6 Å². The van der Waals surface area contributed by atoms with Crippen LogP contribution in [0.3, 0.4) is 0 Å². The lowest BCUT2D eigenvalue weighted by molar-refractivity contribution is -0.385. The molecule has 0 unspecified atom stereocenters. The molecule has 11 heteroatoms. The molecular formula is C22H20N6O4S. The van der Waals surface area contributed by atoms with Crippen molar-refractivity contribution >= 4 is 23.0 Å². The van der Waals surface area contributed by atoms with Gasteiger partial charge in [0, 0.05) is 17.5 Å². The number of hydrogen-bond acceptors (Lipinski definition) is 10. The lowest BCUT2D eigenvalue weighted by atomic mass is 10.1. The van der Waals surface area contributed by atoms with Crippen LogP contribution in [0.25, 0.3) is 11.3 Å². The zero-order valence-corrected chi connectivity index (χ0v) is 18.5. The van der Waals surface area contributed by atoms with Crippen molar-refractivity contribution in [3.8, 4) is 28.6 Å². The van der Waals surface area contributed by atoms with Crippen LogP contribution in [0.15, 0.2) is 60.2 Å². The number of nitro groups is 1. The number of rotatable bonds is 10. The number of anilines is 1. The molecule has 10 nitrogen and oxygen atoms in total. The molecule has 0 bridgehead atoms. The average Bonchev–Trinajstić information content (AvgIpc) is 3.37. The van der Waals surface area contributed by atoms with E-state index in [1.807, 2.05) is 36.6 Å². The normalized spacial score (nSPS) is 10.6. The molecule has 2 aromatic carbocycles. The molecule has 0 fully saturated rings. The monoisotopic (exact) mass is 464 g/mol. The van der Waals surface area contributed by atoms with Crippen LogP contribution < -0.4 is 14.8 Å². The van der Waals surface area contributed by atoms with Crippen LogP contribution in [0.2, 0.25) is 0 Å². The van der Waals surface area contributed by atoms with E-state index in [4.69, 9.17) is 9.47 Å². The standard InChI is InChI=1S/C22H20N6O4S/c1-2-11-31-17-7-9-18(10-8-17)32-22-20(28(29)30)21(24-14-25-22)23-12-15-3-5-16(6-4-15)19-13-33-27-26-19/h3-10,13-14H,2,11-12H2,1H3,(H,23,24,25). The SMILES string of the molecule is CCCOc1ccc(Oc2ncnc(NCc3ccc(-c4csnn4)cc3)c2[N+](=O)[O-])cc1. The molecule has 0 saturated carbocycles. The highest BCUT2D eigenvalue weighted by molar-refractivity contribution is 7.03. The number of nitrogens with one attached hydrogen (secondary N) is 1. The van der Waals surface area contributed by atoms with Crippen LogP contribution in [0.4, 0.5) is 11.5 Å². The number of hydrogen-bond donors (Lipinski definition) is 1. The Bertz CT molecular complexity index is 1200. The number of ether oxygens (including phenoxy) is 2. The quantitative estimate of drug-likeness (QED) is 0.252. The van der Waals surface area contributed by atoms with Gasteiger partial charge in [-0.15, -0.1) is 5.10 Å².